The molecule has 0 bridgehead atoms. The molecule has 2 heterocycles. The van der Waals surface area contributed by atoms with Gasteiger partial charge >= 0.3 is 5.69 Å². The molecule has 0 aliphatic carbocycles. The minimum atomic E-state index is -0.160. The Morgan fingerprint density at radius 3 is 3.06 bits per heavy atom. The fourth-order valence-electron chi connectivity index (χ4n) is 2.44. The number of aromatic nitrogens is 2. The van der Waals surface area contributed by atoms with Crippen LogP contribution in [0.25, 0.3) is 11.0 Å². The molecule has 5 heteroatoms. The molecule has 1 aromatic heterocycles. The van der Waals surface area contributed by atoms with Crippen LogP contribution in [0.4, 0.5) is 0 Å². The number of hydrogen-bond donors (Lipinski definition) is 1. The topological polar surface area (TPSA) is 56.2 Å². The maximum atomic E-state index is 12.0. The standard InChI is InChI=1S/C13H16N2O3/c1-17-9-5-6-10-11(8-9)15(13(16)14-10)12-4-2-3-7-18-12/h5-6,8,12H,2-4,7H2,1H3,(H,14,16). The molecule has 1 atom stereocenters. The van der Waals surface area contributed by atoms with Gasteiger partial charge in [-0.25, -0.2) is 4.79 Å². The van der Waals surface area contributed by atoms with Gasteiger partial charge in [0.05, 0.1) is 18.1 Å². The molecular formula is C13H16N2O3. The lowest BCUT2D eigenvalue weighted by Crippen LogP contribution is -2.26. The van der Waals surface area contributed by atoms with Gasteiger partial charge in [-0.1, -0.05) is 0 Å². The first-order valence-electron chi connectivity index (χ1n) is 6.19. The van der Waals surface area contributed by atoms with Gasteiger partial charge in [-0.15, -0.1) is 0 Å². The molecule has 1 N–H and O–H groups in total. The molecule has 2 aromatic rings. The van der Waals surface area contributed by atoms with E-state index in [2.05, 4.69) is 4.98 Å². The lowest BCUT2D eigenvalue weighted by molar-refractivity contribution is -0.0313. The zero-order valence-electron chi connectivity index (χ0n) is 10.3. The van der Waals surface area contributed by atoms with Crippen molar-refractivity contribution in [3.05, 3.63) is 28.7 Å². The summed E-state index contributed by atoms with van der Waals surface area (Å²) in [6.07, 6.45) is 2.88. The van der Waals surface area contributed by atoms with E-state index in [1.165, 1.54) is 0 Å². The number of H-pyrrole nitrogens is 1. The Morgan fingerprint density at radius 2 is 2.33 bits per heavy atom. The van der Waals surface area contributed by atoms with E-state index in [4.69, 9.17) is 9.47 Å². The van der Waals surface area contributed by atoms with E-state index in [0.29, 0.717) is 6.61 Å². The van der Waals surface area contributed by atoms with Crippen LogP contribution in [0, 0.1) is 0 Å². The Morgan fingerprint density at radius 1 is 1.44 bits per heavy atom. The predicted molar refractivity (Wildman–Crippen MR) is 68.0 cm³/mol. The van der Waals surface area contributed by atoms with Crippen molar-refractivity contribution in [2.45, 2.75) is 25.5 Å². The first-order chi connectivity index (χ1) is 8.79. The second-order valence-electron chi connectivity index (χ2n) is 4.50. The van der Waals surface area contributed by atoms with E-state index in [1.54, 1.807) is 11.7 Å². The molecule has 5 nitrogen and oxygen atoms in total. The SMILES string of the molecule is COc1ccc2[nH]c(=O)n(C3CCCCO3)c2c1. The number of rotatable bonds is 2. The minimum absolute atomic E-state index is 0.120. The maximum absolute atomic E-state index is 12.0. The summed E-state index contributed by atoms with van der Waals surface area (Å²) in [7, 11) is 1.62. The first kappa shape index (κ1) is 11.3. The van der Waals surface area contributed by atoms with Crippen molar-refractivity contribution in [3.63, 3.8) is 0 Å². The summed E-state index contributed by atoms with van der Waals surface area (Å²) in [6.45, 7) is 0.716. The molecular weight excluding hydrogens is 232 g/mol. The van der Waals surface area contributed by atoms with E-state index in [-0.39, 0.29) is 11.9 Å². The van der Waals surface area contributed by atoms with E-state index in [1.807, 2.05) is 18.2 Å². The third kappa shape index (κ3) is 1.80. The second kappa shape index (κ2) is 4.49. The van der Waals surface area contributed by atoms with Crippen LogP contribution in [0.5, 0.6) is 5.75 Å². The Labute approximate surface area is 104 Å². The minimum Gasteiger partial charge on any atom is -0.497 e. The summed E-state index contributed by atoms with van der Waals surface area (Å²) in [5, 5.41) is 0. The molecule has 0 saturated carbocycles. The fourth-order valence-corrected chi connectivity index (χ4v) is 2.44. The van der Waals surface area contributed by atoms with Gasteiger partial charge in [0.2, 0.25) is 0 Å². The number of ether oxygens (including phenoxy) is 2. The molecule has 1 aliphatic heterocycles. The Balaban J connectivity index is 2.13. The number of nitrogens with one attached hydrogen (secondary N) is 1. The van der Waals surface area contributed by atoms with Gasteiger partial charge in [-0.3, -0.25) is 4.57 Å². The quantitative estimate of drug-likeness (QED) is 0.884. The van der Waals surface area contributed by atoms with Crippen LogP contribution in [0.15, 0.2) is 23.0 Å². The fraction of sp³-hybridized carbons (Fsp3) is 0.462. The smallest absolute Gasteiger partial charge is 0.328 e. The number of benzene rings is 1. The molecule has 1 aromatic carbocycles. The number of methoxy groups -OCH3 is 1. The highest BCUT2D eigenvalue weighted by Gasteiger charge is 2.20. The monoisotopic (exact) mass is 248 g/mol. The number of hydrogen-bond acceptors (Lipinski definition) is 3. The van der Waals surface area contributed by atoms with Crippen LogP contribution >= 0.6 is 0 Å². The molecule has 3 rings (SSSR count). The van der Waals surface area contributed by atoms with Gasteiger partial charge in [-0.2, -0.15) is 0 Å². The lowest BCUT2D eigenvalue weighted by atomic mass is 10.2. The van der Waals surface area contributed by atoms with Crippen molar-refractivity contribution < 1.29 is 9.47 Å². The average molecular weight is 248 g/mol. The van der Waals surface area contributed by atoms with E-state index < -0.39 is 0 Å². The van der Waals surface area contributed by atoms with Gasteiger partial charge < -0.3 is 14.5 Å². The van der Waals surface area contributed by atoms with Crippen LogP contribution < -0.4 is 10.4 Å². The molecule has 0 spiro atoms. The van der Waals surface area contributed by atoms with Gasteiger partial charge in [0.25, 0.3) is 0 Å². The summed E-state index contributed by atoms with van der Waals surface area (Å²) in [4.78, 5) is 14.9. The number of aromatic amines is 1. The normalized spacial score (nSPS) is 20.2. The zero-order chi connectivity index (χ0) is 12.5. The second-order valence-corrected chi connectivity index (χ2v) is 4.50. The largest absolute Gasteiger partial charge is 0.497 e. The van der Waals surface area contributed by atoms with Crippen molar-refractivity contribution in [3.8, 4) is 5.75 Å². The average Bonchev–Trinajstić information content (AvgIpc) is 2.74. The molecule has 1 aliphatic rings. The van der Waals surface area contributed by atoms with Crippen molar-refractivity contribution in [2.75, 3.05) is 13.7 Å². The molecule has 1 unspecified atom stereocenters. The number of fused-ring (bicyclic) bond motifs is 1. The zero-order valence-corrected chi connectivity index (χ0v) is 10.3. The van der Waals surface area contributed by atoms with Crippen molar-refractivity contribution in [1.29, 1.82) is 0 Å². The van der Waals surface area contributed by atoms with Crippen LogP contribution in [-0.2, 0) is 4.74 Å². The van der Waals surface area contributed by atoms with Gasteiger partial charge in [0.1, 0.15) is 12.0 Å². The van der Waals surface area contributed by atoms with Crippen molar-refractivity contribution >= 4 is 11.0 Å². The molecule has 96 valence electrons. The Kier molecular flexibility index (Phi) is 2.83. The highest BCUT2D eigenvalue weighted by molar-refractivity contribution is 5.77. The van der Waals surface area contributed by atoms with Crippen LogP contribution in [0.2, 0.25) is 0 Å². The molecule has 0 amide bonds. The van der Waals surface area contributed by atoms with Crippen molar-refractivity contribution in [2.24, 2.45) is 0 Å². The molecule has 0 radical (unpaired) electrons. The van der Waals surface area contributed by atoms with Crippen LogP contribution in [0.3, 0.4) is 0 Å². The first-order valence-corrected chi connectivity index (χ1v) is 6.19. The summed E-state index contributed by atoms with van der Waals surface area (Å²) in [6, 6.07) is 5.56. The molecule has 1 fully saturated rings. The summed E-state index contributed by atoms with van der Waals surface area (Å²) >= 11 is 0. The van der Waals surface area contributed by atoms with Gasteiger partial charge in [-0.05, 0) is 31.4 Å². The Bertz CT molecular complexity index is 608. The summed E-state index contributed by atoms with van der Waals surface area (Å²) in [5.74, 6) is 0.742. The van der Waals surface area contributed by atoms with Crippen molar-refractivity contribution in [1.82, 2.24) is 9.55 Å². The molecule has 1 saturated heterocycles. The number of nitrogens with zero attached hydrogens (tertiary/aromatic N) is 1. The summed E-state index contributed by atoms with van der Waals surface area (Å²) < 4.78 is 12.6. The van der Waals surface area contributed by atoms with E-state index in [0.717, 1.165) is 36.0 Å². The Hall–Kier alpha value is -1.75. The summed E-state index contributed by atoms with van der Waals surface area (Å²) in [5.41, 5.74) is 1.53. The third-order valence-electron chi connectivity index (χ3n) is 3.37. The van der Waals surface area contributed by atoms with Gasteiger partial charge in [0.15, 0.2) is 0 Å². The van der Waals surface area contributed by atoms with E-state index in [9.17, 15) is 4.79 Å². The van der Waals surface area contributed by atoms with Crippen LogP contribution in [0.1, 0.15) is 25.5 Å². The van der Waals surface area contributed by atoms with E-state index >= 15 is 0 Å². The maximum Gasteiger partial charge on any atom is 0.328 e. The highest BCUT2D eigenvalue weighted by Crippen LogP contribution is 2.26. The lowest BCUT2D eigenvalue weighted by Gasteiger charge is -2.23. The molecule has 18 heavy (non-hydrogen) atoms. The van der Waals surface area contributed by atoms with Gasteiger partial charge in [0, 0.05) is 12.7 Å². The third-order valence-corrected chi connectivity index (χ3v) is 3.37. The highest BCUT2D eigenvalue weighted by atomic mass is 16.5. The van der Waals surface area contributed by atoms with Crippen LogP contribution in [-0.4, -0.2) is 23.3 Å². The number of imidazole rings is 1. The predicted octanol–water partition coefficient (Wildman–Crippen LogP) is 2.04.